The lowest BCUT2D eigenvalue weighted by atomic mass is 9.62. The summed E-state index contributed by atoms with van der Waals surface area (Å²) >= 11 is 0. The molecule has 184 valence electrons. The van der Waals surface area contributed by atoms with Crippen molar-refractivity contribution in [3.8, 4) is 12.0 Å². The molecule has 6 N–H and O–H groups in total. The fraction of sp³-hybridized carbons (Fsp3) is 0.133. The van der Waals surface area contributed by atoms with E-state index in [4.69, 9.17) is 4.65 Å². The summed E-state index contributed by atoms with van der Waals surface area (Å²) < 4.78 is 4.69. The van der Waals surface area contributed by atoms with Crippen LogP contribution < -0.4 is 21.5 Å². The average molecular weight is 480 g/mol. The van der Waals surface area contributed by atoms with E-state index in [0.29, 0.717) is 0 Å². The molecule has 0 saturated carbocycles. The van der Waals surface area contributed by atoms with Crippen LogP contribution in [0.3, 0.4) is 0 Å². The number of quaternary nitrogens is 2. The van der Waals surface area contributed by atoms with Crippen molar-refractivity contribution < 1.29 is 26.2 Å². The molecule has 0 aliphatic heterocycles. The van der Waals surface area contributed by atoms with Crippen molar-refractivity contribution in [1.29, 1.82) is 0 Å². The second kappa shape index (κ2) is 15.2. The summed E-state index contributed by atoms with van der Waals surface area (Å²) in [5.74, 6) is 2.99. The molecule has 6 heteroatoms. The van der Waals surface area contributed by atoms with Crippen LogP contribution in [0.15, 0.2) is 121 Å². The van der Waals surface area contributed by atoms with E-state index in [1.165, 1.54) is 0 Å². The minimum Gasteiger partial charge on any atom is -0.859 e. The van der Waals surface area contributed by atoms with E-state index < -0.39 is 12.7 Å². The van der Waals surface area contributed by atoms with Crippen molar-refractivity contribution in [3.05, 3.63) is 144 Å². The minimum atomic E-state index is -2.47. The normalized spacial score (nSPS) is 9.97. The molecule has 36 heavy (non-hydrogen) atoms. The van der Waals surface area contributed by atoms with E-state index in [2.05, 4.69) is 47.8 Å². The standard InChI is InChI=1S/C28H21BO3.2CH5N/c30-29(31)32-22-21-28(25-17-9-3-10-18-25,26-19-11-4-12-20-26)27(23-13-5-1-6-14-23)24-15-7-2-8-16-24;2*1-2/h1-20,27H;2*2H2,1H3/q-2;;/p+2. The molecular weight excluding hydrogens is 447 g/mol. The van der Waals surface area contributed by atoms with Crippen molar-refractivity contribution in [2.75, 3.05) is 14.1 Å². The quantitative estimate of drug-likeness (QED) is 0.320. The Morgan fingerprint density at radius 1 is 0.611 bits per heavy atom. The second-order valence-electron chi connectivity index (χ2n) is 7.43. The first-order chi connectivity index (χ1) is 17.7. The Kier molecular flexibility index (Phi) is 12.0. The number of benzene rings is 4. The lowest BCUT2D eigenvalue weighted by molar-refractivity contribution is -0.375. The Morgan fingerprint density at radius 2 is 0.944 bits per heavy atom. The van der Waals surface area contributed by atoms with Gasteiger partial charge in [-0.1, -0.05) is 121 Å². The Bertz CT molecular complexity index is 1100. The fourth-order valence-corrected chi connectivity index (χ4v) is 4.26. The maximum absolute atomic E-state index is 11.1. The Hall–Kier alpha value is -3.86. The predicted octanol–water partition coefficient (Wildman–Crippen LogP) is 1.20. The molecule has 0 aromatic heterocycles. The van der Waals surface area contributed by atoms with Crippen molar-refractivity contribution in [3.63, 3.8) is 0 Å². The van der Waals surface area contributed by atoms with Gasteiger partial charge in [0.2, 0.25) is 0 Å². The molecule has 0 aliphatic rings. The van der Waals surface area contributed by atoms with Crippen molar-refractivity contribution in [1.82, 2.24) is 0 Å². The minimum absolute atomic E-state index is 0.234. The molecule has 0 bridgehead atoms. The highest BCUT2D eigenvalue weighted by molar-refractivity contribution is 6.28. The molecule has 0 unspecified atom stereocenters. The molecule has 0 heterocycles. The highest BCUT2D eigenvalue weighted by atomic mass is 16.6. The third-order valence-corrected chi connectivity index (χ3v) is 5.56. The fourth-order valence-electron chi connectivity index (χ4n) is 4.26. The van der Waals surface area contributed by atoms with Crippen LogP contribution in [0.5, 0.6) is 0 Å². The van der Waals surface area contributed by atoms with Gasteiger partial charge < -0.3 is 26.2 Å². The SMILES string of the molecule is C[NH3+].C[NH3+].[O-]B([O-])OC#CC(c1ccccc1)(c1ccccc1)C(c1ccccc1)c1ccccc1. The molecule has 4 aromatic carbocycles. The van der Waals surface area contributed by atoms with E-state index in [1.54, 1.807) is 14.1 Å². The van der Waals surface area contributed by atoms with Crippen LogP contribution >= 0.6 is 0 Å². The third kappa shape index (κ3) is 6.85. The molecule has 5 nitrogen and oxygen atoms in total. The van der Waals surface area contributed by atoms with Crippen LogP contribution in [0.4, 0.5) is 0 Å². The molecule has 0 radical (unpaired) electrons. The lowest BCUT2D eigenvalue weighted by Gasteiger charge is -2.39. The highest BCUT2D eigenvalue weighted by Gasteiger charge is 2.43. The summed E-state index contributed by atoms with van der Waals surface area (Å²) in [7, 11) is 1.03. The lowest BCUT2D eigenvalue weighted by Crippen LogP contribution is -2.46. The van der Waals surface area contributed by atoms with Crippen LogP contribution in [0, 0.1) is 12.0 Å². The maximum atomic E-state index is 11.1. The zero-order chi connectivity index (χ0) is 26.2. The van der Waals surface area contributed by atoms with Crippen molar-refractivity contribution >= 4 is 7.32 Å². The van der Waals surface area contributed by atoms with E-state index in [-0.39, 0.29) is 5.92 Å². The molecule has 0 amide bonds. The van der Waals surface area contributed by atoms with E-state index in [0.717, 1.165) is 22.3 Å². The molecule has 0 spiro atoms. The number of hydrogen-bond acceptors (Lipinski definition) is 3. The summed E-state index contributed by atoms with van der Waals surface area (Å²) in [6.07, 6.45) is 2.47. The van der Waals surface area contributed by atoms with Gasteiger partial charge in [-0.2, -0.15) is 0 Å². The Labute approximate surface area is 214 Å². The molecule has 0 atom stereocenters. The van der Waals surface area contributed by atoms with Gasteiger partial charge in [-0.15, -0.1) is 0 Å². The number of hydrogen-bond donors (Lipinski definition) is 2. The predicted molar refractivity (Wildman–Crippen MR) is 141 cm³/mol. The summed E-state index contributed by atoms with van der Waals surface area (Å²) in [4.78, 5) is 0. The van der Waals surface area contributed by atoms with Gasteiger partial charge in [-0.25, -0.2) is 0 Å². The van der Waals surface area contributed by atoms with E-state index in [1.807, 2.05) is 97.1 Å². The Balaban J connectivity index is 0.00000109. The summed E-state index contributed by atoms with van der Waals surface area (Å²) in [6, 6.07) is 40.1. The van der Waals surface area contributed by atoms with Gasteiger partial charge in [-0.05, 0) is 28.2 Å². The van der Waals surface area contributed by atoms with Gasteiger partial charge >= 0.3 is 0 Å². The van der Waals surface area contributed by atoms with Gasteiger partial charge in [-0.3, -0.25) is 0 Å². The van der Waals surface area contributed by atoms with Gasteiger partial charge in [0, 0.05) is 5.92 Å². The van der Waals surface area contributed by atoms with Crippen LogP contribution in [0.1, 0.15) is 28.2 Å². The summed E-state index contributed by atoms with van der Waals surface area (Å²) in [5, 5.41) is 22.2. The molecule has 0 fully saturated rings. The monoisotopic (exact) mass is 480 g/mol. The van der Waals surface area contributed by atoms with E-state index in [9.17, 15) is 10.0 Å². The van der Waals surface area contributed by atoms with Gasteiger partial charge in [0.05, 0.1) is 25.6 Å². The molecule has 0 saturated heterocycles. The van der Waals surface area contributed by atoms with Crippen LogP contribution in [-0.2, 0) is 10.1 Å². The second-order valence-corrected chi connectivity index (χ2v) is 7.43. The average Bonchev–Trinajstić information content (AvgIpc) is 2.96. The topological polar surface area (TPSA) is 111 Å². The molecular formula is C30H33BN2O3. The molecule has 4 aromatic rings. The molecule has 0 aliphatic carbocycles. The summed E-state index contributed by atoms with van der Waals surface area (Å²) in [6.45, 7) is 0. The third-order valence-electron chi connectivity index (χ3n) is 5.56. The van der Waals surface area contributed by atoms with Crippen molar-refractivity contribution in [2.45, 2.75) is 11.3 Å². The first-order valence-corrected chi connectivity index (χ1v) is 11.8. The van der Waals surface area contributed by atoms with Crippen LogP contribution in [0.2, 0.25) is 0 Å². The van der Waals surface area contributed by atoms with Gasteiger partial charge in [0.25, 0.3) is 0 Å². The van der Waals surface area contributed by atoms with Crippen LogP contribution in [-0.4, -0.2) is 21.4 Å². The first kappa shape index (κ1) is 28.4. The van der Waals surface area contributed by atoms with Crippen LogP contribution in [0.25, 0.3) is 0 Å². The van der Waals surface area contributed by atoms with Gasteiger partial charge in [0.1, 0.15) is 0 Å². The largest absolute Gasteiger partial charge is 0.859 e. The highest BCUT2D eigenvalue weighted by Crippen LogP contribution is 2.48. The van der Waals surface area contributed by atoms with E-state index >= 15 is 0 Å². The number of rotatable bonds is 6. The Morgan fingerprint density at radius 3 is 1.28 bits per heavy atom. The first-order valence-electron chi connectivity index (χ1n) is 11.8. The van der Waals surface area contributed by atoms with Crippen molar-refractivity contribution in [2.24, 2.45) is 0 Å². The smallest absolute Gasteiger partial charge is 0.150 e. The zero-order valence-corrected chi connectivity index (χ0v) is 20.8. The van der Waals surface area contributed by atoms with Gasteiger partial charge in [0.15, 0.2) is 7.32 Å². The summed E-state index contributed by atoms with van der Waals surface area (Å²) in [5.41, 5.74) is 9.57. The zero-order valence-electron chi connectivity index (χ0n) is 20.8. The molecule has 4 rings (SSSR count). The maximum Gasteiger partial charge on any atom is 0.150 e.